The van der Waals surface area contributed by atoms with Gasteiger partial charge in [-0.2, -0.15) is 0 Å². The van der Waals surface area contributed by atoms with Crippen molar-refractivity contribution >= 4 is 29.9 Å². The molecule has 1 saturated heterocycles. The monoisotopic (exact) mass is 459 g/mol. The molecule has 6 heteroatoms. The summed E-state index contributed by atoms with van der Waals surface area (Å²) in [5.41, 5.74) is 1.35. The molecule has 0 atom stereocenters. The Morgan fingerprint density at radius 2 is 1.76 bits per heavy atom. The summed E-state index contributed by atoms with van der Waals surface area (Å²) in [5, 5.41) is 6.82. The number of nitrogens with one attached hydrogen (secondary N) is 2. The van der Waals surface area contributed by atoms with Crippen molar-refractivity contribution in [1.29, 1.82) is 0 Å². The van der Waals surface area contributed by atoms with E-state index in [4.69, 9.17) is 0 Å². The van der Waals surface area contributed by atoms with Crippen LogP contribution in [0.5, 0.6) is 0 Å². The van der Waals surface area contributed by atoms with Crippen LogP contribution in [0.3, 0.4) is 0 Å². The second kappa shape index (κ2) is 13.4. The molecule has 1 heterocycles. The molecular formula is C19H34IN5. The van der Waals surface area contributed by atoms with Crippen LogP contribution in [0.25, 0.3) is 0 Å². The molecule has 0 aliphatic carbocycles. The highest BCUT2D eigenvalue weighted by atomic mass is 127. The summed E-state index contributed by atoms with van der Waals surface area (Å²) in [4.78, 5) is 9.17. The van der Waals surface area contributed by atoms with E-state index in [9.17, 15) is 0 Å². The van der Waals surface area contributed by atoms with Gasteiger partial charge in [0.05, 0.1) is 0 Å². The van der Waals surface area contributed by atoms with E-state index in [1.54, 1.807) is 0 Å². The molecule has 1 fully saturated rings. The lowest BCUT2D eigenvalue weighted by molar-refractivity contribution is 0.232. The second-order valence-electron chi connectivity index (χ2n) is 6.55. The Bertz CT molecular complexity index is 474. The minimum absolute atomic E-state index is 0. The van der Waals surface area contributed by atoms with Crippen LogP contribution in [0.1, 0.15) is 24.8 Å². The maximum absolute atomic E-state index is 4.31. The number of halogens is 1. The highest BCUT2D eigenvalue weighted by Crippen LogP contribution is 2.07. The molecular weight excluding hydrogens is 425 g/mol. The molecule has 0 saturated carbocycles. The molecule has 1 aromatic carbocycles. The molecule has 1 aliphatic heterocycles. The van der Waals surface area contributed by atoms with Gasteiger partial charge in [0.15, 0.2) is 5.96 Å². The van der Waals surface area contributed by atoms with Crippen LogP contribution < -0.4 is 10.6 Å². The summed E-state index contributed by atoms with van der Waals surface area (Å²) in [6.07, 6.45) is 4.09. The quantitative estimate of drug-likeness (QED) is 0.356. The summed E-state index contributed by atoms with van der Waals surface area (Å²) in [5.74, 6) is 0.903. The van der Waals surface area contributed by atoms with Crippen molar-refractivity contribution in [1.82, 2.24) is 20.4 Å². The Morgan fingerprint density at radius 3 is 2.44 bits per heavy atom. The van der Waals surface area contributed by atoms with E-state index in [2.05, 4.69) is 62.8 Å². The van der Waals surface area contributed by atoms with E-state index in [1.807, 2.05) is 7.05 Å². The molecule has 0 spiro atoms. The van der Waals surface area contributed by atoms with Crippen LogP contribution in [0, 0.1) is 0 Å². The van der Waals surface area contributed by atoms with Crippen LogP contribution in [-0.2, 0) is 6.54 Å². The Morgan fingerprint density at radius 1 is 1.08 bits per heavy atom. The van der Waals surface area contributed by atoms with Gasteiger partial charge in [-0.3, -0.25) is 4.99 Å². The standard InChI is InChI=1S/C19H33N5.HI/c1-20-19(22-12-16-24-13-7-4-8-14-24)21-11-15-23(2)17-18-9-5-3-6-10-18;/h3,5-6,9-10H,4,7-8,11-17H2,1-2H3,(H2,20,21,22);1H. The lowest BCUT2D eigenvalue weighted by Crippen LogP contribution is -2.44. The maximum Gasteiger partial charge on any atom is 0.191 e. The van der Waals surface area contributed by atoms with Crippen LogP contribution in [-0.4, -0.2) is 69.1 Å². The van der Waals surface area contributed by atoms with E-state index in [0.717, 1.165) is 38.7 Å². The number of likely N-dealkylation sites (tertiary alicyclic amines) is 1. The van der Waals surface area contributed by atoms with Gasteiger partial charge in [0, 0.05) is 39.8 Å². The first-order valence-corrected chi connectivity index (χ1v) is 9.17. The number of nitrogens with zero attached hydrogens (tertiary/aromatic N) is 3. The van der Waals surface area contributed by atoms with Crippen molar-refractivity contribution in [3.05, 3.63) is 35.9 Å². The zero-order valence-electron chi connectivity index (χ0n) is 15.7. The molecule has 1 aliphatic rings. The zero-order valence-corrected chi connectivity index (χ0v) is 18.0. The number of hydrogen-bond acceptors (Lipinski definition) is 3. The lowest BCUT2D eigenvalue weighted by atomic mass is 10.1. The topological polar surface area (TPSA) is 42.9 Å². The first kappa shape index (κ1) is 22.2. The Labute approximate surface area is 170 Å². The normalized spacial score (nSPS) is 15.7. The molecule has 142 valence electrons. The van der Waals surface area contributed by atoms with Gasteiger partial charge in [0.2, 0.25) is 0 Å². The van der Waals surface area contributed by atoms with Crippen molar-refractivity contribution in [2.24, 2.45) is 4.99 Å². The summed E-state index contributed by atoms with van der Waals surface area (Å²) >= 11 is 0. The van der Waals surface area contributed by atoms with E-state index in [-0.39, 0.29) is 24.0 Å². The molecule has 0 radical (unpaired) electrons. The van der Waals surface area contributed by atoms with Crippen molar-refractivity contribution in [2.45, 2.75) is 25.8 Å². The molecule has 0 unspecified atom stereocenters. The first-order valence-electron chi connectivity index (χ1n) is 9.17. The third-order valence-corrected chi connectivity index (χ3v) is 4.47. The minimum Gasteiger partial charge on any atom is -0.355 e. The van der Waals surface area contributed by atoms with Crippen LogP contribution in [0.2, 0.25) is 0 Å². The lowest BCUT2D eigenvalue weighted by Gasteiger charge is -2.26. The third-order valence-electron chi connectivity index (χ3n) is 4.47. The van der Waals surface area contributed by atoms with Crippen molar-refractivity contribution in [3.8, 4) is 0 Å². The Balaban J connectivity index is 0.00000312. The molecule has 2 N–H and O–H groups in total. The molecule has 0 bridgehead atoms. The van der Waals surface area contributed by atoms with Gasteiger partial charge in [-0.25, -0.2) is 0 Å². The molecule has 5 nitrogen and oxygen atoms in total. The van der Waals surface area contributed by atoms with Gasteiger partial charge in [0.1, 0.15) is 0 Å². The highest BCUT2D eigenvalue weighted by Gasteiger charge is 2.09. The Hall–Kier alpha value is -0.860. The molecule has 25 heavy (non-hydrogen) atoms. The molecule has 0 amide bonds. The second-order valence-corrected chi connectivity index (χ2v) is 6.55. The number of piperidine rings is 1. The van der Waals surface area contributed by atoms with Gasteiger partial charge in [-0.05, 0) is 38.5 Å². The molecule has 0 aromatic heterocycles. The smallest absolute Gasteiger partial charge is 0.191 e. The van der Waals surface area contributed by atoms with E-state index in [1.165, 1.54) is 37.9 Å². The van der Waals surface area contributed by atoms with Crippen molar-refractivity contribution < 1.29 is 0 Å². The highest BCUT2D eigenvalue weighted by molar-refractivity contribution is 14.0. The summed E-state index contributed by atoms with van der Waals surface area (Å²) < 4.78 is 0. The fourth-order valence-corrected chi connectivity index (χ4v) is 3.08. The maximum atomic E-state index is 4.31. The fraction of sp³-hybridized carbons (Fsp3) is 0.632. The summed E-state index contributed by atoms with van der Waals surface area (Å²) in [6, 6.07) is 10.6. The van der Waals surface area contributed by atoms with Gasteiger partial charge < -0.3 is 20.4 Å². The number of rotatable bonds is 8. The SMILES string of the molecule is CN=C(NCCN(C)Cc1ccccc1)NCCN1CCCCC1.I. The average molecular weight is 459 g/mol. The van der Waals surface area contributed by atoms with Crippen LogP contribution in [0.15, 0.2) is 35.3 Å². The van der Waals surface area contributed by atoms with Crippen LogP contribution >= 0.6 is 24.0 Å². The predicted octanol–water partition coefficient (Wildman–Crippen LogP) is 2.39. The van der Waals surface area contributed by atoms with E-state index >= 15 is 0 Å². The largest absolute Gasteiger partial charge is 0.355 e. The number of benzene rings is 1. The van der Waals surface area contributed by atoms with E-state index in [0.29, 0.717) is 0 Å². The third kappa shape index (κ3) is 9.42. The number of hydrogen-bond donors (Lipinski definition) is 2. The first-order chi connectivity index (χ1) is 11.8. The van der Waals surface area contributed by atoms with Gasteiger partial charge in [0.25, 0.3) is 0 Å². The number of aliphatic imine (C=N–C) groups is 1. The fourth-order valence-electron chi connectivity index (χ4n) is 3.08. The number of likely N-dealkylation sites (N-methyl/N-ethyl adjacent to an activating group) is 1. The van der Waals surface area contributed by atoms with Gasteiger partial charge >= 0.3 is 0 Å². The van der Waals surface area contributed by atoms with Crippen molar-refractivity contribution in [2.75, 3.05) is 53.4 Å². The average Bonchev–Trinajstić information content (AvgIpc) is 2.62. The zero-order chi connectivity index (χ0) is 17.0. The van der Waals surface area contributed by atoms with Crippen molar-refractivity contribution in [3.63, 3.8) is 0 Å². The minimum atomic E-state index is 0. The Kier molecular flexibility index (Phi) is 11.9. The van der Waals surface area contributed by atoms with Gasteiger partial charge in [-0.1, -0.05) is 36.8 Å². The predicted molar refractivity (Wildman–Crippen MR) is 118 cm³/mol. The molecule has 1 aromatic rings. The van der Waals surface area contributed by atoms with E-state index < -0.39 is 0 Å². The van der Waals surface area contributed by atoms with Gasteiger partial charge in [-0.15, -0.1) is 24.0 Å². The number of guanidine groups is 1. The van der Waals surface area contributed by atoms with Crippen LogP contribution in [0.4, 0.5) is 0 Å². The molecule has 2 rings (SSSR count). The summed E-state index contributed by atoms with van der Waals surface area (Å²) in [7, 11) is 3.99. The summed E-state index contributed by atoms with van der Waals surface area (Å²) in [6.45, 7) is 7.42.